The van der Waals surface area contributed by atoms with Crippen molar-refractivity contribution in [2.24, 2.45) is 0 Å². The van der Waals surface area contributed by atoms with Gasteiger partial charge in [0.2, 0.25) is 0 Å². The second kappa shape index (κ2) is 5.76. The Morgan fingerprint density at radius 3 is 1.90 bits per heavy atom. The fourth-order valence-corrected chi connectivity index (χ4v) is 1.69. The predicted octanol–water partition coefficient (Wildman–Crippen LogP) is 2.08. The number of alkyl halides is 6. The van der Waals surface area contributed by atoms with Gasteiger partial charge in [-0.25, -0.2) is 4.39 Å². The van der Waals surface area contributed by atoms with Gasteiger partial charge in [0.1, 0.15) is 0 Å². The molecule has 0 aliphatic rings. The van der Waals surface area contributed by atoms with E-state index in [1.807, 2.05) is 0 Å². The second-order valence-corrected chi connectivity index (χ2v) is 5.08. The van der Waals surface area contributed by atoms with Crippen molar-refractivity contribution >= 4 is 16.1 Å². The molecule has 0 spiro atoms. The van der Waals surface area contributed by atoms with E-state index >= 15 is 0 Å². The molecule has 0 aromatic heterocycles. The third-order valence-corrected chi connectivity index (χ3v) is 3.20. The number of esters is 1. The lowest BCUT2D eigenvalue weighted by molar-refractivity contribution is -0.284. The summed E-state index contributed by atoms with van der Waals surface area (Å²) in [6, 6.07) is 0. The van der Waals surface area contributed by atoms with Gasteiger partial charge in [-0.2, -0.15) is 30.4 Å². The first-order valence-corrected chi connectivity index (χ1v) is 6.41. The summed E-state index contributed by atoms with van der Waals surface area (Å²) in [6.45, 7) is -0.199. The number of halogens is 6. The van der Waals surface area contributed by atoms with Gasteiger partial charge in [-0.05, 0) is 0 Å². The quantitative estimate of drug-likeness (QED) is 0.458. The normalized spacial score (nSPS) is 16.6. The van der Waals surface area contributed by atoms with Crippen LogP contribution in [-0.4, -0.2) is 42.6 Å². The Labute approximate surface area is 109 Å². The van der Waals surface area contributed by atoms with Gasteiger partial charge in [-0.1, -0.05) is 6.92 Å². The van der Waals surface area contributed by atoms with Gasteiger partial charge >= 0.3 is 27.5 Å². The Morgan fingerprint density at radius 1 is 1.15 bits per heavy atom. The van der Waals surface area contributed by atoms with Crippen LogP contribution in [0.5, 0.6) is 0 Å². The Hall–Kier alpha value is -1.04. The van der Waals surface area contributed by atoms with Gasteiger partial charge in [0, 0.05) is 12.8 Å². The van der Waals surface area contributed by atoms with E-state index in [2.05, 4.69) is 4.74 Å². The molecular weight excluding hydrogens is 322 g/mol. The van der Waals surface area contributed by atoms with Gasteiger partial charge in [0.15, 0.2) is 0 Å². The van der Waals surface area contributed by atoms with Crippen molar-refractivity contribution in [2.75, 3.05) is 6.61 Å². The topological polar surface area (TPSA) is 80.7 Å². The molecule has 0 saturated carbocycles. The van der Waals surface area contributed by atoms with E-state index in [-0.39, 0.29) is 6.42 Å². The highest BCUT2D eigenvalue weighted by Gasteiger charge is 2.76. The second-order valence-electron chi connectivity index (χ2n) is 3.61. The molecule has 1 unspecified atom stereocenters. The summed E-state index contributed by atoms with van der Waals surface area (Å²) < 4.78 is 109. The maximum atomic E-state index is 13.5. The van der Waals surface area contributed by atoms with Crippen molar-refractivity contribution in [3.8, 4) is 0 Å². The van der Waals surface area contributed by atoms with Gasteiger partial charge in [0.25, 0.3) is 5.67 Å². The minimum Gasteiger partial charge on any atom is -0.466 e. The lowest BCUT2D eigenvalue weighted by Gasteiger charge is -2.32. The van der Waals surface area contributed by atoms with Crippen LogP contribution in [0.25, 0.3) is 0 Å². The molecule has 1 atom stereocenters. The monoisotopic (exact) mass is 332 g/mol. The smallest absolute Gasteiger partial charge is 0.429 e. The summed E-state index contributed by atoms with van der Waals surface area (Å²) in [5, 5.41) is -6.14. The van der Waals surface area contributed by atoms with Crippen molar-refractivity contribution in [1.82, 2.24) is 0 Å². The fourth-order valence-electron chi connectivity index (χ4n) is 1.06. The van der Waals surface area contributed by atoms with Crippen molar-refractivity contribution in [2.45, 2.75) is 36.9 Å². The van der Waals surface area contributed by atoms with Crippen LogP contribution in [-0.2, 0) is 19.6 Å². The summed E-state index contributed by atoms with van der Waals surface area (Å²) in [7, 11) is -6.67. The highest BCUT2D eigenvalue weighted by Crippen LogP contribution is 2.49. The molecule has 0 aliphatic carbocycles. The van der Waals surface area contributed by atoms with E-state index < -0.39 is 46.2 Å². The summed E-state index contributed by atoms with van der Waals surface area (Å²) in [6.07, 6.45) is -8.81. The maximum Gasteiger partial charge on any atom is 0.429 e. The lowest BCUT2D eigenvalue weighted by atomic mass is 10.0. The molecule has 0 radical (unpaired) electrons. The molecule has 0 amide bonds. The van der Waals surface area contributed by atoms with Crippen LogP contribution in [0.1, 0.15) is 19.8 Å². The van der Waals surface area contributed by atoms with Crippen LogP contribution in [0.4, 0.5) is 26.3 Å². The number of carbonyl (C=O) groups is 1. The zero-order valence-electron chi connectivity index (χ0n) is 9.88. The van der Waals surface area contributed by atoms with E-state index in [1.165, 1.54) is 6.92 Å². The Kier molecular flexibility index (Phi) is 5.46. The zero-order chi connectivity index (χ0) is 16.4. The highest BCUT2D eigenvalue weighted by atomic mass is 32.2. The highest BCUT2D eigenvalue weighted by molar-refractivity contribution is 7.87. The van der Waals surface area contributed by atoms with E-state index in [1.54, 1.807) is 0 Å². The number of carbonyl (C=O) groups excluding carboxylic acids is 1. The van der Waals surface area contributed by atoms with Gasteiger partial charge < -0.3 is 4.74 Å². The lowest BCUT2D eigenvalue weighted by Crippen LogP contribution is -2.59. The maximum absolute atomic E-state index is 13.5. The Morgan fingerprint density at radius 2 is 1.60 bits per heavy atom. The zero-order valence-corrected chi connectivity index (χ0v) is 10.7. The summed E-state index contributed by atoms with van der Waals surface area (Å²) in [5.74, 6) is -1.09. The number of ether oxygens (including phenoxy) is 1. The van der Waals surface area contributed by atoms with Gasteiger partial charge in [0.05, 0.1) is 6.61 Å². The molecule has 0 rings (SSSR count). The van der Waals surface area contributed by atoms with Crippen LogP contribution in [0.15, 0.2) is 0 Å². The number of hydrogen-bond acceptors (Lipinski definition) is 4. The molecule has 0 aromatic carbocycles. The first-order valence-electron chi connectivity index (χ1n) is 4.97. The largest absolute Gasteiger partial charge is 0.466 e. The standard InChI is InChI=1S/C8H10F6O5S/c1-2-5(15)19-4-3-6(9,7(10,11)12)8(13,14)20(16,17)18/h2-4H2,1H3,(H,16,17,18). The third kappa shape index (κ3) is 3.53. The summed E-state index contributed by atoms with van der Waals surface area (Å²) in [5.41, 5.74) is -5.60. The Bertz CT molecular complexity index is 458. The molecule has 0 heterocycles. The molecule has 20 heavy (non-hydrogen) atoms. The summed E-state index contributed by atoms with van der Waals surface area (Å²) >= 11 is 0. The average molecular weight is 332 g/mol. The van der Waals surface area contributed by atoms with E-state index in [0.717, 1.165) is 0 Å². The Balaban J connectivity index is 5.41. The molecule has 12 heteroatoms. The molecule has 120 valence electrons. The van der Waals surface area contributed by atoms with Crippen molar-refractivity contribution in [3.63, 3.8) is 0 Å². The number of hydrogen-bond donors (Lipinski definition) is 1. The molecule has 0 bridgehead atoms. The minimum atomic E-state index is -6.67. The van der Waals surface area contributed by atoms with Crippen LogP contribution in [0, 0.1) is 0 Å². The molecular formula is C8H10F6O5S. The van der Waals surface area contributed by atoms with Gasteiger partial charge in [-0.3, -0.25) is 9.35 Å². The minimum absolute atomic E-state index is 0.306. The SMILES string of the molecule is CCC(=O)OCCC(F)(C(F)(F)F)C(F)(F)S(=O)(=O)O. The van der Waals surface area contributed by atoms with Crippen LogP contribution >= 0.6 is 0 Å². The van der Waals surface area contributed by atoms with E-state index in [9.17, 15) is 39.6 Å². The summed E-state index contributed by atoms with van der Waals surface area (Å²) in [4.78, 5) is 10.6. The van der Waals surface area contributed by atoms with E-state index in [4.69, 9.17) is 4.55 Å². The average Bonchev–Trinajstić information content (AvgIpc) is 2.25. The van der Waals surface area contributed by atoms with Crippen LogP contribution < -0.4 is 0 Å². The fraction of sp³-hybridized carbons (Fsp3) is 0.875. The molecule has 0 aliphatic heterocycles. The van der Waals surface area contributed by atoms with Crippen molar-refractivity contribution in [3.05, 3.63) is 0 Å². The first kappa shape index (κ1) is 19.0. The molecule has 0 aromatic rings. The molecule has 0 fully saturated rings. The van der Waals surface area contributed by atoms with Crippen LogP contribution in [0.2, 0.25) is 0 Å². The molecule has 5 nitrogen and oxygen atoms in total. The third-order valence-electron chi connectivity index (χ3n) is 2.23. The van der Waals surface area contributed by atoms with Gasteiger partial charge in [-0.15, -0.1) is 0 Å². The molecule has 0 saturated heterocycles. The predicted molar refractivity (Wildman–Crippen MR) is 52.3 cm³/mol. The molecule has 1 N–H and O–H groups in total. The van der Waals surface area contributed by atoms with Crippen molar-refractivity contribution in [1.29, 1.82) is 0 Å². The number of rotatable bonds is 6. The van der Waals surface area contributed by atoms with E-state index in [0.29, 0.717) is 0 Å². The van der Waals surface area contributed by atoms with Crippen molar-refractivity contribution < 1.29 is 48.8 Å². The first-order chi connectivity index (χ1) is 8.70. The van der Waals surface area contributed by atoms with Crippen LogP contribution in [0.3, 0.4) is 0 Å².